The summed E-state index contributed by atoms with van der Waals surface area (Å²) in [5.41, 5.74) is 0.744. The van der Waals surface area contributed by atoms with E-state index in [1.165, 1.54) is 12.1 Å². The van der Waals surface area contributed by atoms with Crippen molar-refractivity contribution < 1.29 is 18.0 Å². The predicted molar refractivity (Wildman–Crippen MR) is 109 cm³/mol. The van der Waals surface area contributed by atoms with Crippen molar-refractivity contribution in [2.75, 3.05) is 41.1 Å². The van der Waals surface area contributed by atoms with Gasteiger partial charge in [0.15, 0.2) is 0 Å². The Morgan fingerprint density at radius 3 is 2.28 bits per heavy atom. The molecule has 0 spiro atoms. The highest BCUT2D eigenvalue weighted by molar-refractivity contribution is 7.94. The third kappa shape index (κ3) is 3.69. The topological polar surface area (TPSA) is 90.9 Å². The number of rotatable bonds is 3. The Balaban J connectivity index is 1.43. The van der Waals surface area contributed by atoms with Crippen LogP contribution < -0.4 is 9.21 Å². The monoisotopic (exact) mass is 414 g/mol. The third-order valence-electron chi connectivity index (χ3n) is 5.25. The molecule has 0 saturated carbocycles. The fraction of sp³-hybridized carbons (Fsp3) is 0.350. The molecular formula is C20H22N4O4S. The lowest BCUT2D eigenvalue weighted by molar-refractivity contribution is -0.119. The molecule has 2 amide bonds. The number of benzene rings is 1. The van der Waals surface area contributed by atoms with Crippen LogP contribution in [0.15, 0.2) is 48.7 Å². The molecule has 29 heavy (non-hydrogen) atoms. The first-order chi connectivity index (χ1) is 13.9. The van der Waals surface area contributed by atoms with E-state index in [-0.39, 0.29) is 17.3 Å². The number of pyridine rings is 1. The lowest BCUT2D eigenvalue weighted by atomic mass is 10.1. The van der Waals surface area contributed by atoms with Crippen LogP contribution in [0.4, 0.5) is 11.5 Å². The molecule has 1 aromatic carbocycles. The second-order valence-corrected chi connectivity index (χ2v) is 9.16. The number of aromatic nitrogens is 1. The zero-order valence-corrected chi connectivity index (χ0v) is 16.9. The first-order valence-corrected chi connectivity index (χ1v) is 11.1. The normalized spacial score (nSPS) is 21.5. The smallest absolute Gasteiger partial charge is 0.253 e. The first kappa shape index (κ1) is 19.4. The summed E-state index contributed by atoms with van der Waals surface area (Å²) in [6.45, 7) is 4.14. The lowest BCUT2D eigenvalue weighted by Crippen LogP contribution is -2.49. The summed E-state index contributed by atoms with van der Waals surface area (Å²) >= 11 is 0. The van der Waals surface area contributed by atoms with E-state index < -0.39 is 21.8 Å². The van der Waals surface area contributed by atoms with E-state index in [1.54, 1.807) is 30.2 Å². The Morgan fingerprint density at radius 2 is 1.72 bits per heavy atom. The van der Waals surface area contributed by atoms with E-state index >= 15 is 0 Å². The molecule has 0 aliphatic carbocycles. The van der Waals surface area contributed by atoms with E-state index in [0.29, 0.717) is 31.7 Å². The van der Waals surface area contributed by atoms with Crippen LogP contribution in [-0.4, -0.2) is 62.0 Å². The van der Waals surface area contributed by atoms with Gasteiger partial charge in [0.05, 0.1) is 17.4 Å². The van der Waals surface area contributed by atoms with Crippen LogP contribution in [0.1, 0.15) is 17.3 Å². The standard InChI is InChI=1S/C20H22N4O4S/c1-15-14-29(27,28)24(19(15)25)17-7-5-16(6-8-17)20(26)23-12-10-22(11-13-23)18-4-2-3-9-21-18/h2-9,15H,10-14H2,1H3/t15-/m1/s1. The number of nitrogens with zero attached hydrogens (tertiary/aromatic N) is 4. The third-order valence-corrected chi connectivity index (χ3v) is 7.12. The van der Waals surface area contributed by atoms with Crippen LogP contribution in [-0.2, 0) is 14.8 Å². The molecular weight excluding hydrogens is 392 g/mol. The molecule has 3 heterocycles. The summed E-state index contributed by atoms with van der Waals surface area (Å²) in [6.07, 6.45) is 1.75. The SMILES string of the molecule is C[C@@H]1CS(=O)(=O)N(c2ccc(C(=O)N3CCN(c4ccccn4)CC3)cc2)C1=O. The largest absolute Gasteiger partial charge is 0.353 e. The van der Waals surface area contributed by atoms with Crippen molar-refractivity contribution >= 4 is 33.3 Å². The Labute approximate surface area is 169 Å². The number of amides is 2. The van der Waals surface area contributed by atoms with E-state index in [1.807, 2.05) is 18.2 Å². The maximum atomic E-state index is 12.8. The summed E-state index contributed by atoms with van der Waals surface area (Å²) in [7, 11) is -3.65. The summed E-state index contributed by atoms with van der Waals surface area (Å²) in [5.74, 6) is -0.394. The van der Waals surface area contributed by atoms with Crippen molar-refractivity contribution in [3.8, 4) is 0 Å². The molecule has 2 aromatic rings. The van der Waals surface area contributed by atoms with Gasteiger partial charge >= 0.3 is 0 Å². The molecule has 2 saturated heterocycles. The summed E-state index contributed by atoms with van der Waals surface area (Å²) in [5, 5.41) is 0. The molecule has 152 valence electrons. The molecule has 0 bridgehead atoms. The second-order valence-electron chi connectivity index (χ2n) is 7.30. The number of anilines is 2. The van der Waals surface area contributed by atoms with Crippen molar-refractivity contribution in [3.05, 3.63) is 54.2 Å². The van der Waals surface area contributed by atoms with Crippen molar-refractivity contribution in [1.82, 2.24) is 9.88 Å². The van der Waals surface area contributed by atoms with Gasteiger partial charge in [0.25, 0.3) is 5.91 Å². The fourth-order valence-corrected chi connectivity index (χ4v) is 5.51. The highest BCUT2D eigenvalue weighted by atomic mass is 32.2. The molecule has 0 radical (unpaired) electrons. The van der Waals surface area contributed by atoms with Gasteiger partial charge in [-0.05, 0) is 36.4 Å². The molecule has 2 fully saturated rings. The average Bonchev–Trinajstić information content (AvgIpc) is 2.95. The number of carbonyl (C=O) groups is 2. The van der Waals surface area contributed by atoms with E-state index in [0.717, 1.165) is 10.1 Å². The van der Waals surface area contributed by atoms with E-state index in [9.17, 15) is 18.0 Å². The number of hydrogen-bond donors (Lipinski definition) is 0. The summed E-state index contributed by atoms with van der Waals surface area (Å²) in [6, 6.07) is 12.0. The van der Waals surface area contributed by atoms with Crippen LogP contribution in [0.3, 0.4) is 0 Å². The minimum atomic E-state index is -3.65. The van der Waals surface area contributed by atoms with Crippen LogP contribution >= 0.6 is 0 Å². The van der Waals surface area contributed by atoms with Crippen LogP contribution in [0.5, 0.6) is 0 Å². The number of piperazine rings is 1. The van der Waals surface area contributed by atoms with Gasteiger partial charge in [-0.3, -0.25) is 9.59 Å². The predicted octanol–water partition coefficient (Wildman–Crippen LogP) is 1.36. The van der Waals surface area contributed by atoms with Crippen LogP contribution in [0.25, 0.3) is 0 Å². The van der Waals surface area contributed by atoms with Crippen molar-refractivity contribution in [2.45, 2.75) is 6.92 Å². The Hall–Kier alpha value is -2.94. The molecule has 2 aliphatic rings. The van der Waals surface area contributed by atoms with E-state index in [4.69, 9.17) is 0 Å². The molecule has 9 heteroatoms. The molecule has 0 unspecified atom stereocenters. The molecule has 8 nitrogen and oxygen atoms in total. The summed E-state index contributed by atoms with van der Waals surface area (Å²) in [4.78, 5) is 33.3. The average molecular weight is 414 g/mol. The zero-order chi connectivity index (χ0) is 20.6. The van der Waals surface area contributed by atoms with Gasteiger partial charge in [-0.25, -0.2) is 17.7 Å². The Kier molecular flexibility index (Phi) is 4.99. The quantitative estimate of drug-likeness (QED) is 0.753. The first-order valence-electron chi connectivity index (χ1n) is 9.49. The minimum Gasteiger partial charge on any atom is -0.353 e. The molecule has 0 N–H and O–H groups in total. The Morgan fingerprint density at radius 1 is 1.03 bits per heavy atom. The highest BCUT2D eigenvalue weighted by Crippen LogP contribution is 2.28. The number of carbonyl (C=O) groups excluding carboxylic acids is 2. The molecule has 1 atom stereocenters. The van der Waals surface area contributed by atoms with Crippen LogP contribution in [0.2, 0.25) is 0 Å². The minimum absolute atomic E-state index is 0.110. The van der Waals surface area contributed by atoms with Gasteiger partial charge in [-0.15, -0.1) is 0 Å². The van der Waals surface area contributed by atoms with Gasteiger partial charge in [0.2, 0.25) is 15.9 Å². The van der Waals surface area contributed by atoms with Crippen molar-refractivity contribution in [2.24, 2.45) is 5.92 Å². The van der Waals surface area contributed by atoms with Gasteiger partial charge < -0.3 is 9.80 Å². The number of sulfonamides is 1. The van der Waals surface area contributed by atoms with Crippen molar-refractivity contribution in [1.29, 1.82) is 0 Å². The van der Waals surface area contributed by atoms with Crippen molar-refractivity contribution in [3.63, 3.8) is 0 Å². The van der Waals surface area contributed by atoms with Gasteiger partial charge in [0, 0.05) is 37.9 Å². The van der Waals surface area contributed by atoms with E-state index in [2.05, 4.69) is 9.88 Å². The van der Waals surface area contributed by atoms with Gasteiger partial charge in [-0.1, -0.05) is 13.0 Å². The highest BCUT2D eigenvalue weighted by Gasteiger charge is 2.41. The maximum absolute atomic E-state index is 12.8. The Bertz CT molecular complexity index is 1020. The maximum Gasteiger partial charge on any atom is 0.253 e. The number of hydrogen-bond acceptors (Lipinski definition) is 6. The summed E-state index contributed by atoms with van der Waals surface area (Å²) < 4.78 is 25.3. The second kappa shape index (κ2) is 7.47. The lowest BCUT2D eigenvalue weighted by Gasteiger charge is -2.35. The molecule has 1 aromatic heterocycles. The van der Waals surface area contributed by atoms with Gasteiger partial charge in [0.1, 0.15) is 5.82 Å². The van der Waals surface area contributed by atoms with Gasteiger partial charge in [-0.2, -0.15) is 0 Å². The zero-order valence-electron chi connectivity index (χ0n) is 16.1. The van der Waals surface area contributed by atoms with Crippen LogP contribution in [0, 0.1) is 5.92 Å². The fourth-order valence-electron chi connectivity index (χ4n) is 3.69. The molecule has 2 aliphatic heterocycles. The molecule has 4 rings (SSSR count).